The van der Waals surface area contributed by atoms with Gasteiger partial charge in [-0.3, -0.25) is 5.32 Å². The highest BCUT2D eigenvalue weighted by molar-refractivity contribution is 5.88. The Hall–Kier alpha value is -2.60. The molecule has 4 rings (SSSR count). The van der Waals surface area contributed by atoms with Gasteiger partial charge in [0.2, 0.25) is 0 Å². The van der Waals surface area contributed by atoms with Gasteiger partial charge in [0, 0.05) is 32.1 Å². The zero-order valence-corrected chi connectivity index (χ0v) is 15.5. The van der Waals surface area contributed by atoms with Gasteiger partial charge in [0.25, 0.3) is 0 Å². The first kappa shape index (κ1) is 17.8. The van der Waals surface area contributed by atoms with Gasteiger partial charge in [-0.15, -0.1) is 0 Å². The molecule has 2 saturated heterocycles. The van der Waals surface area contributed by atoms with E-state index >= 15 is 0 Å². The number of nitrogens with one attached hydrogen (secondary N) is 1. The van der Waals surface area contributed by atoms with Crippen LogP contribution in [0.3, 0.4) is 0 Å². The molecule has 3 heterocycles. The lowest BCUT2D eigenvalue weighted by Crippen LogP contribution is -2.41. The second kappa shape index (κ2) is 8.39. The molecule has 1 unspecified atom stereocenters. The second-order valence-electron chi connectivity index (χ2n) is 7.13. The number of carbonyl (C=O) groups excluding carboxylic acids is 1. The first-order valence-corrected chi connectivity index (χ1v) is 9.69. The fourth-order valence-corrected chi connectivity index (χ4v) is 3.82. The van der Waals surface area contributed by atoms with E-state index in [0.29, 0.717) is 11.7 Å². The molecule has 142 valence electrons. The van der Waals surface area contributed by atoms with Crippen LogP contribution in [0.5, 0.6) is 0 Å². The van der Waals surface area contributed by atoms with E-state index in [4.69, 9.17) is 4.74 Å². The maximum atomic E-state index is 12.7. The molecule has 1 atom stereocenters. The summed E-state index contributed by atoms with van der Waals surface area (Å²) in [6.07, 6.45) is 3.97. The molecule has 0 spiro atoms. The van der Waals surface area contributed by atoms with Crippen molar-refractivity contribution in [3.63, 3.8) is 0 Å². The highest BCUT2D eigenvalue weighted by Crippen LogP contribution is 2.27. The number of morpholine rings is 1. The van der Waals surface area contributed by atoms with E-state index < -0.39 is 0 Å². The number of pyridine rings is 1. The lowest BCUT2D eigenvalue weighted by atomic mass is 9.91. The highest BCUT2D eigenvalue weighted by atomic mass is 16.5. The molecule has 2 fully saturated rings. The third-order valence-electron chi connectivity index (χ3n) is 5.34. The highest BCUT2D eigenvalue weighted by Gasteiger charge is 2.25. The van der Waals surface area contributed by atoms with E-state index in [9.17, 15) is 4.79 Å². The predicted octanol–water partition coefficient (Wildman–Crippen LogP) is 3.33. The van der Waals surface area contributed by atoms with E-state index in [1.54, 1.807) is 0 Å². The Kier molecular flexibility index (Phi) is 5.53. The third-order valence-corrected chi connectivity index (χ3v) is 5.34. The van der Waals surface area contributed by atoms with Crippen molar-refractivity contribution in [2.24, 2.45) is 0 Å². The van der Waals surface area contributed by atoms with Gasteiger partial charge >= 0.3 is 6.03 Å². The van der Waals surface area contributed by atoms with Gasteiger partial charge in [-0.1, -0.05) is 30.3 Å². The lowest BCUT2D eigenvalue weighted by Gasteiger charge is -2.33. The standard InChI is InChI=1S/C21H26N4O2/c26-21(25-10-4-7-18(16-25)17-5-2-1-3-6-17)23-20-9-8-19(15-22-20)24-11-13-27-14-12-24/h1-3,5-6,8-9,15,18H,4,7,10-14,16H2,(H,22,23,26). The van der Waals surface area contributed by atoms with Crippen molar-refractivity contribution >= 4 is 17.5 Å². The Morgan fingerprint density at radius 3 is 2.63 bits per heavy atom. The predicted molar refractivity (Wildman–Crippen MR) is 106 cm³/mol. The Balaban J connectivity index is 1.35. The summed E-state index contributed by atoms with van der Waals surface area (Å²) in [5.74, 6) is 1.00. The average Bonchev–Trinajstić information content (AvgIpc) is 2.75. The summed E-state index contributed by atoms with van der Waals surface area (Å²) >= 11 is 0. The largest absolute Gasteiger partial charge is 0.378 e. The number of ether oxygens (including phenoxy) is 1. The smallest absolute Gasteiger partial charge is 0.323 e. The lowest BCUT2D eigenvalue weighted by molar-refractivity contribution is 0.122. The fourth-order valence-electron chi connectivity index (χ4n) is 3.82. The molecular weight excluding hydrogens is 340 g/mol. The van der Waals surface area contributed by atoms with Gasteiger partial charge in [0.1, 0.15) is 5.82 Å². The molecule has 1 aromatic heterocycles. The fraction of sp³-hybridized carbons (Fsp3) is 0.429. The number of carbonyl (C=O) groups is 1. The quantitative estimate of drug-likeness (QED) is 0.905. The van der Waals surface area contributed by atoms with Crippen molar-refractivity contribution in [2.45, 2.75) is 18.8 Å². The minimum atomic E-state index is -0.0674. The number of piperidine rings is 1. The van der Waals surface area contributed by atoms with E-state index in [-0.39, 0.29) is 6.03 Å². The summed E-state index contributed by atoms with van der Waals surface area (Å²) in [6.45, 7) is 4.79. The Labute approximate surface area is 160 Å². The summed E-state index contributed by atoms with van der Waals surface area (Å²) in [5, 5.41) is 2.95. The van der Waals surface area contributed by atoms with Gasteiger partial charge in [0.05, 0.1) is 25.1 Å². The van der Waals surface area contributed by atoms with Crippen LogP contribution < -0.4 is 10.2 Å². The van der Waals surface area contributed by atoms with Crippen molar-refractivity contribution in [3.05, 3.63) is 54.2 Å². The third kappa shape index (κ3) is 4.39. The van der Waals surface area contributed by atoms with Gasteiger partial charge in [-0.05, 0) is 30.5 Å². The van der Waals surface area contributed by atoms with Crippen LogP contribution >= 0.6 is 0 Å². The number of rotatable bonds is 3. The Bertz CT molecular complexity index is 745. The Morgan fingerprint density at radius 2 is 1.89 bits per heavy atom. The molecule has 1 aromatic carbocycles. The second-order valence-corrected chi connectivity index (χ2v) is 7.13. The molecule has 2 aromatic rings. The molecule has 0 radical (unpaired) electrons. The number of benzene rings is 1. The molecule has 2 aliphatic rings. The van der Waals surface area contributed by atoms with E-state index in [1.807, 2.05) is 29.3 Å². The summed E-state index contributed by atoms with van der Waals surface area (Å²) < 4.78 is 5.38. The van der Waals surface area contributed by atoms with Gasteiger partial charge < -0.3 is 14.5 Å². The molecule has 6 heteroatoms. The van der Waals surface area contributed by atoms with Crippen molar-refractivity contribution in [1.82, 2.24) is 9.88 Å². The van der Waals surface area contributed by atoms with Crippen LogP contribution in [-0.2, 0) is 4.74 Å². The van der Waals surface area contributed by atoms with Crippen LogP contribution in [-0.4, -0.2) is 55.3 Å². The molecule has 2 amide bonds. The van der Waals surface area contributed by atoms with E-state index in [0.717, 1.165) is 57.9 Å². The first-order valence-electron chi connectivity index (χ1n) is 9.69. The summed E-state index contributed by atoms with van der Waals surface area (Å²) in [4.78, 5) is 21.3. The normalized spacial score (nSPS) is 20.4. The molecular formula is C21H26N4O2. The van der Waals surface area contributed by atoms with Gasteiger partial charge in [-0.2, -0.15) is 0 Å². The molecule has 0 bridgehead atoms. The average molecular weight is 366 g/mol. The molecule has 0 saturated carbocycles. The van der Waals surface area contributed by atoms with Crippen molar-refractivity contribution in [1.29, 1.82) is 0 Å². The van der Waals surface area contributed by atoms with Gasteiger partial charge in [0.15, 0.2) is 0 Å². The summed E-state index contributed by atoms with van der Waals surface area (Å²) in [7, 11) is 0. The number of hydrogen-bond acceptors (Lipinski definition) is 4. The number of urea groups is 1. The topological polar surface area (TPSA) is 57.7 Å². The molecule has 2 aliphatic heterocycles. The zero-order valence-electron chi connectivity index (χ0n) is 15.5. The minimum absolute atomic E-state index is 0.0674. The SMILES string of the molecule is O=C(Nc1ccc(N2CCOCC2)cn1)N1CCCC(c2ccccc2)C1. The number of nitrogens with zero attached hydrogens (tertiary/aromatic N) is 3. The van der Waals surface area contributed by atoms with Crippen molar-refractivity contribution in [3.8, 4) is 0 Å². The Morgan fingerprint density at radius 1 is 1.07 bits per heavy atom. The monoisotopic (exact) mass is 366 g/mol. The first-order chi connectivity index (χ1) is 13.3. The number of aromatic nitrogens is 1. The van der Waals surface area contributed by atoms with Crippen LogP contribution in [0.4, 0.5) is 16.3 Å². The van der Waals surface area contributed by atoms with Crippen LogP contribution in [0, 0.1) is 0 Å². The number of anilines is 2. The van der Waals surface area contributed by atoms with Crippen molar-refractivity contribution < 1.29 is 9.53 Å². The summed E-state index contributed by atoms with van der Waals surface area (Å²) in [5.41, 5.74) is 2.38. The van der Waals surface area contributed by atoms with Crippen LogP contribution in [0.1, 0.15) is 24.3 Å². The number of hydrogen-bond donors (Lipinski definition) is 1. The molecule has 0 aliphatic carbocycles. The van der Waals surface area contributed by atoms with E-state index in [2.05, 4.69) is 39.5 Å². The minimum Gasteiger partial charge on any atom is -0.378 e. The number of amides is 2. The van der Waals surface area contributed by atoms with Gasteiger partial charge in [-0.25, -0.2) is 9.78 Å². The molecule has 27 heavy (non-hydrogen) atoms. The summed E-state index contributed by atoms with van der Waals surface area (Å²) in [6, 6.07) is 14.3. The van der Waals surface area contributed by atoms with Crippen LogP contribution in [0.25, 0.3) is 0 Å². The zero-order chi connectivity index (χ0) is 18.5. The maximum absolute atomic E-state index is 12.7. The van der Waals surface area contributed by atoms with Crippen LogP contribution in [0.15, 0.2) is 48.7 Å². The maximum Gasteiger partial charge on any atom is 0.323 e. The number of likely N-dealkylation sites (tertiary alicyclic amines) is 1. The molecule has 1 N–H and O–H groups in total. The molecule has 6 nitrogen and oxygen atoms in total. The van der Waals surface area contributed by atoms with E-state index in [1.165, 1.54) is 5.56 Å². The van der Waals surface area contributed by atoms with Crippen molar-refractivity contribution in [2.75, 3.05) is 49.6 Å². The van der Waals surface area contributed by atoms with Crippen LogP contribution in [0.2, 0.25) is 0 Å².